The molecule has 0 aromatic heterocycles. The fraction of sp³-hybridized carbons (Fsp3) is 1.00. The summed E-state index contributed by atoms with van der Waals surface area (Å²) in [6.07, 6.45) is 6.48. The van der Waals surface area contributed by atoms with Gasteiger partial charge in [-0.1, -0.05) is 18.8 Å². The second-order valence-electron chi connectivity index (χ2n) is 5.49. The predicted molar refractivity (Wildman–Crippen MR) is 45.5 cm³/mol. The summed E-state index contributed by atoms with van der Waals surface area (Å²) < 4.78 is 0. The van der Waals surface area contributed by atoms with Crippen LogP contribution in [0.15, 0.2) is 0 Å². The summed E-state index contributed by atoms with van der Waals surface area (Å²) in [4.78, 5) is 0. The van der Waals surface area contributed by atoms with Crippen molar-refractivity contribution in [1.29, 1.82) is 0 Å². The SMILES string of the molecule is CC1([O-])C2CC3CC(C2)CC1C3.[Li+]. The third-order valence-electron chi connectivity index (χ3n) is 4.76. The first-order chi connectivity index (χ1) is 5.66. The van der Waals surface area contributed by atoms with Crippen LogP contribution in [0, 0.1) is 23.7 Å². The normalized spacial score (nSPS) is 57.7. The molecule has 0 saturated heterocycles. The van der Waals surface area contributed by atoms with Gasteiger partial charge in [0.15, 0.2) is 0 Å². The van der Waals surface area contributed by atoms with Gasteiger partial charge in [-0.2, -0.15) is 0 Å². The standard InChI is InChI=1S/C11H17O.Li/c1-11(12)9-3-7-2-8(5-9)6-10(11)4-7;/h7-10H,2-6H2,1H3;/q-1;+1. The molecule has 68 valence electrons. The van der Waals surface area contributed by atoms with E-state index in [-0.39, 0.29) is 18.9 Å². The van der Waals surface area contributed by atoms with E-state index in [1.807, 2.05) is 6.92 Å². The molecule has 4 aliphatic carbocycles. The van der Waals surface area contributed by atoms with Crippen molar-refractivity contribution in [1.82, 2.24) is 0 Å². The van der Waals surface area contributed by atoms with Gasteiger partial charge in [-0.25, -0.2) is 0 Å². The average molecular weight is 172 g/mol. The minimum Gasteiger partial charge on any atom is -0.849 e. The molecule has 0 heterocycles. The molecule has 0 radical (unpaired) electrons. The molecular weight excluding hydrogens is 155 g/mol. The van der Waals surface area contributed by atoms with Gasteiger partial charge in [0.05, 0.1) is 0 Å². The van der Waals surface area contributed by atoms with Crippen molar-refractivity contribution in [3.63, 3.8) is 0 Å². The third kappa shape index (κ3) is 1.32. The van der Waals surface area contributed by atoms with Gasteiger partial charge in [0.1, 0.15) is 0 Å². The number of hydrogen-bond donors (Lipinski definition) is 0. The zero-order chi connectivity index (χ0) is 8.34. The minimum atomic E-state index is -0.548. The molecule has 0 amide bonds. The summed E-state index contributed by atoms with van der Waals surface area (Å²) in [5.41, 5.74) is -0.548. The maximum atomic E-state index is 12.2. The van der Waals surface area contributed by atoms with E-state index < -0.39 is 5.60 Å². The van der Waals surface area contributed by atoms with Gasteiger partial charge in [0.2, 0.25) is 0 Å². The van der Waals surface area contributed by atoms with Gasteiger partial charge in [-0.05, 0) is 43.9 Å². The molecule has 0 atom stereocenters. The van der Waals surface area contributed by atoms with E-state index >= 15 is 0 Å². The Labute approximate surface area is 92.5 Å². The Balaban J connectivity index is 0.000000653. The van der Waals surface area contributed by atoms with Crippen molar-refractivity contribution in [2.75, 3.05) is 0 Å². The maximum Gasteiger partial charge on any atom is 1.00 e. The summed E-state index contributed by atoms with van der Waals surface area (Å²) in [5, 5.41) is 12.2. The smallest absolute Gasteiger partial charge is 0.849 e. The van der Waals surface area contributed by atoms with Crippen molar-refractivity contribution in [3.8, 4) is 0 Å². The quantitative estimate of drug-likeness (QED) is 0.411. The van der Waals surface area contributed by atoms with Crippen LogP contribution in [0.3, 0.4) is 0 Å². The van der Waals surface area contributed by atoms with E-state index in [9.17, 15) is 5.11 Å². The van der Waals surface area contributed by atoms with Crippen molar-refractivity contribution in [2.24, 2.45) is 23.7 Å². The van der Waals surface area contributed by atoms with Crippen molar-refractivity contribution in [2.45, 2.75) is 44.6 Å². The predicted octanol–water partition coefficient (Wildman–Crippen LogP) is -1.43. The number of rotatable bonds is 0. The second kappa shape index (κ2) is 3.02. The van der Waals surface area contributed by atoms with Crippen LogP contribution in [-0.4, -0.2) is 5.60 Å². The summed E-state index contributed by atoms with van der Waals surface area (Å²) in [5.74, 6) is 2.95. The second-order valence-corrected chi connectivity index (χ2v) is 5.49. The summed E-state index contributed by atoms with van der Waals surface area (Å²) in [6, 6.07) is 0. The van der Waals surface area contributed by atoms with Gasteiger partial charge < -0.3 is 5.11 Å². The Morgan fingerprint density at radius 2 is 1.31 bits per heavy atom. The van der Waals surface area contributed by atoms with Gasteiger partial charge in [0.25, 0.3) is 0 Å². The molecule has 0 N–H and O–H groups in total. The van der Waals surface area contributed by atoms with Crippen molar-refractivity contribution < 1.29 is 24.0 Å². The molecule has 1 nitrogen and oxygen atoms in total. The van der Waals surface area contributed by atoms with E-state index in [0.717, 1.165) is 11.8 Å². The first kappa shape index (κ1) is 10.1. The van der Waals surface area contributed by atoms with Gasteiger partial charge in [-0.3, -0.25) is 0 Å². The topological polar surface area (TPSA) is 23.1 Å². The average Bonchev–Trinajstić information content (AvgIpc) is 1.99. The first-order valence-corrected chi connectivity index (χ1v) is 5.36. The van der Waals surface area contributed by atoms with E-state index in [1.165, 1.54) is 32.1 Å². The maximum absolute atomic E-state index is 12.2. The Bertz CT molecular complexity index is 182. The molecule has 0 spiro atoms. The van der Waals surface area contributed by atoms with E-state index in [1.54, 1.807) is 0 Å². The molecule has 2 heteroatoms. The van der Waals surface area contributed by atoms with Crippen LogP contribution in [0.1, 0.15) is 39.0 Å². The third-order valence-corrected chi connectivity index (χ3v) is 4.76. The molecule has 4 rings (SSSR count). The van der Waals surface area contributed by atoms with Crippen molar-refractivity contribution >= 4 is 0 Å². The molecule has 0 unspecified atom stereocenters. The Kier molecular flexibility index (Phi) is 2.35. The zero-order valence-corrected chi connectivity index (χ0v) is 8.75. The molecular formula is C11H17LiO. The van der Waals surface area contributed by atoms with Crippen LogP contribution in [0.5, 0.6) is 0 Å². The molecule has 13 heavy (non-hydrogen) atoms. The molecule has 4 bridgehead atoms. The Hall–Kier alpha value is 0.557. The van der Waals surface area contributed by atoms with E-state index in [2.05, 4.69) is 0 Å². The van der Waals surface area contributed by atoms with Crippen LogP contribution >= 0.6 is 0 Å². The Morgan fingerprint density at radius 3 is 1.69 bits per heavy atom. The van der Waals surface area contributed by atoms with Crippen LogP contribution < -0.4 is 24.0 Å². The van der Waals surface area contributed by atoms with Crippen LogP contribution in [0.4, 0.5) is 0 Å². The zero-order valence-electron chi connectivity index (χ0n) is 8.75. The molecule has 4 saturated carbocycles. The number of hydrogen-bond acceptors (Lipinski definition) is 1. The first-order valence-electron chi connectivity index (χ1n) is 5.36. The van der Waals surface area contributed by atoms with Gasteiger partial charge in [0, 0.05) is 0 Å². The summed E-state index contributed by atoms with van der Waals surface area (Å²) in [6.45, 7) is 1.97. The van der Waals surface area contributed by atoms with Gasteiger partial charge in [-0.15, -0.1) is 5.60 Å². The fourth-order valence-electron chi connectivity index (χ4n) is 4.12. The molecule has 4 fully saturated rings. The van der Waals surface area contributed by atoms with Crippen LogP contribution in [-0.2, 0) is 0 Å². The van der Waals surface area contributed by atoms with Crippen LogP contribution in [0.2, 0.25) is 0 Å². The molecule has 0 aromatic rings. The largest absolute Gasteiger partial charge is 1.00 e. The molecule has 4 aliphatic rings. The molecule has 0 aromatic carbocycles. The van der Waals surface area contributed by atoms with Gasteiger partial charge >= 0.3 is 18.9 Å². The fourth-order valence-corrected chi connectivity index (χ4v) is 4.12. The summed E-state index contributed by atoms with van der Waals surface area (Å²) in [7, 11) is 0. The Morgan fingerprint density at radius 1 is 0.923 bits per heavy atom. The van der Waals surface area contributed by atoms with E-state index in [0.29, 0.717) is 11.8 Å². The van der Waals surface area contributed by atoms with E-state index in [4.69, 9.17) is 0 Å². The minimum absolute atomic E-state index is 0. The monoisotopic (exact) mass is 172 g/mol. The molecule has 0 aliphatic heterocycles. The van der Waals surface area contributed by atoms with Crippen LogP contribution in [0.25, 0.3) is 0 Å². The van der Waals surface area contributed by atoms with Crippen molar-refractivity contribution in [3.05, 3.63) is 0 Å². The summed E-state index contributed by atoms with van der Waals surface area (Å²) >= 11 is 0.